The lowest BCUT2D eigenvalue weighted by molar-refractivity contribution is 0.0696. The molecule has 0 aliphatic rings. The molecule has 0 spiro atoms. The van der Waals surface area contributed by atoms with Crippen LogP contribution in [0.1, 0.15) is 27.2 Å². The molecule has 0 bridgehead atoms. The van der Waals surface area contributed by atoms with E-state index < -0.39 is 5.97 Å². The highest BCUT2D eigenvalue weighted by Gasteiger charge is 2.13. The lowest BCUT2D eigenvalue weighted by Gasteiger charge is -2.05. The molecule has 0 saturated carbocycles. The number of rotatable bonds is 3. The van der Waals surface area contributed by atoms with Crippen LogP contribution in [0.25, 0.3) is 11.0 Å². The maximum atomic E-state index is 11.1. The van der Waals surface area contributed by atoms with Crippen molar-refractivity contribution in [1.82, 2.24) is 14.8 Å². The van der Waals surface area contributed by atoms with Gasteiger partial charge in [0.25, 0.3) is 0 Å². The number of fused-ring (bicyclic) bond motifs is 1. The minimum Gasteiger partial charge on any atom is -0.478 e. The zero-order chi connectivity index (χ0) is 15.0. The average molecular weight is 281 g/mol. The second kappa shape index (κ2) is 5.01. The Kier molecular flexibility index (Phi) is 3.17. The highest BCUT2D eigenvalue weighted by molar-refractivity contribution is 5.93. The van der Waals surface area contributed by atoms with Crippen molar-refractivity contribution >= 4 is 17.0 Å². The number of hydrogen-bond donors (Lipinski definition) is 1. The van der Waals surface area contributed by atoms with E-state index in [1.54, 1.807) is 23.9 Å². The number of carboxylic acid groups (broad SMARTS) is 1. The van der Waals surface area contributed by atoms with Gasteiger partial charge in [0, 0.05) is 5.39 Å². The molecule has 0 aliphatic heterocycles. The number of pyridine rings is 1. The molecule has 5 nitrogen and oxygen atoms in total. The molecule has 1 N–H and O–H groups in total. The summed E-state index contributed by atoms with van der Waals surface area (Å²) in [6, 6.07) is 9.85. The van der Waals surface area contributed by atoms with E-state index in [-0.39, 0.29) is 5.56 Å². The van der Waals surface area contributed by atoms with Crippen LogP contribution in [0.4, 0.5) is 0 Å². The van der Waals surface area contributed by atoms with Crippen LogP contribution in [0, 0.1) is 13.8 Å². The molecule has 0 radical (unpaired) electrons. The highest BCUT2D eigenvalue weighted by Crippen LogP contribution is 2.17. The van der Waals surface area contributed by atoms with Crippen LogP contribution in [0.15, 0.2) is 36.5 Å². The van der Waals surface area contributed by atoms with E-state index >= 15 is 0 Å². The Morgan fingerprint density at radius 3 is 2.62 bits per heavy atom. The van der Waals surface area contributed by atoms with Crippen molar-refractivity contribution in [3.63, 3.8) is 0 Å². The summed E-state index contributed by atoms with van der Waals surface area (Å²) in [5, 5.41) is 14.2. The fourth-order valence-electron chi connectivity index (χ4n) is 2.30. The Balaban J connectivity index is 2.02. The van der Waals surface area contributed by atoms with Crippen molar-refractivity contribution in [2.24, 2.45) is 0 Å². The minimum absolute atomic E-state index is 0.220. The Bertz CT molecular complexity index is 819. The predicted octanol–water partition coefficient (Wildman–Crippen LogP) is 2.79. The SMILES string of the molecule is Cc1ccc(Cn2ncc3cc(C(=O)O)c(C)nc32)cc1. The molecule has 21 heavy (non-hydrogen) atoms. The highest BCUT2D eigenvalue weighted by atomic mass is 16.4. The van der Waals surface area contributed by atoms with E-state index in [0.717, 1.165) is 10.9 Å². The molecule has 2 heterocycles. The van der Waals surface area contributed by atoms with Crippen molar-refractivity contribution < 1.29 is 9.90 Å². The summed E-state index contributed by atoms with van der Waals surface area (Å²) >= 11 is 0. The van der Waals surface area contributed by atoms with E-state index in [1.807, 2.05) is 6.92 Å². The fraction of sp³-hybridized carbons (Fsp3) is 0.188. The topological polar surface area (TPSA) is 68.0 Å². The molecule has 106 valence electrons. The molecular formula is C16H15N3O2. The van der Waals surface area contributed by atoms with Gasteiger partial charge in [0.2, 0.25) is 0 Å². The average Bonchev–Trinajstić information content (AvgIpc) is 2.82. The summed E-state index contributed by atoms with van der Waals surface area (Å²) < 4.78 is 1.79. The second-order valence-electron chi connectivity index (χ2n) is 5.13. The number of aromatic nitrogens is 3. The van der Waals surface area contributed by atoms with Crippen LogP contribution in [0.3, 0.4) is 0 Å². The summed E-state index contributed by atoms with van der Waals surface area (Å²) in [7, 11) is 0. The van der Waals surface area contributed by atoms with Gasteiger partial charge in [0.15, 0.2) is 5.65 Å². The quantitative estimate of drug-likeness (QED) is 0.801. The number of aromatic carboxylic acids is 1. The molecule has 0 aliphatic carbocycles. The van der Waals surface area contributed by atoms with Gasteiger partial charge in [0.05, 0.1) is 24.0 Å². The van der Waals surface area contributed by atoms with Crippen LogP contribution in [0.5, 0.6) is 0 Å². The summed E-state index contributed by atoms with van der Waals surface area (Å²) in [5.41, 5.74) is 3.77. The Morgan fingerprint density at radius 2 is 1.95 bits per heavy atom. The molecular weight excluding hydrogens is 266 g/mol. The predicted molar refractivity (Wildman–Crippen MR) is 79.5 cm³/mol. The third kappa shape index (κ3) is 2.50. The van der Waals surface area contributed by atoms with E-state index in [2.05, 4.69) is 34.3 Å². The third-order valence-corrected chi connectivity index (χ3v) is 3.49. The largest absolute Gasteiger partial charge is 0.478 e. The van der Waals surface area contributed by atoms with Gasteiger partial charge in [-0.2, -0.15) is 5.10 Å². The molecule has 1 aromatic carbocycles. The monoisotopic (exact) mass is 281 g/mol. The van der Waals surface area contributed by atoms with Crippen molar-refractivity contribution in [1.29, 1.82) is 0 Å². The number of carboxylic acids is 1. The molecule has 0 unspecified atom stereocenters. The van der Waals surface area contributed by atoms with Crippen LogP contribution in [-0.4, -0.2) is 25.8 Å². The van der Waals surface area contributed by atoms with Gasteiger partial charge in [-0.25, -0.2) is 14.5 Å². The minimum atomic E-state index is -0.965. The molecule has 0 amide bonds. The third-order valence-electron chi connectivity index (χ3n) is 3.49. The van der Waals surface area contributed by atoms with Crippen molar-refractivity contribution in [3.05, 3.63) is 58.9 Å². The molecule has 0 atom stereocenters. The maximum absolute atomic E-state index is 11.1. The van der Waals surface area contributed by atoms with Crippen LogP contribution in [0.2, 0.25) is 0 Å². The number of carbonyl (C=O) groups is 1. The zero-order valence-corrected chi connectivity index (χ0v) is 11.9. The van der Waals surface area contributed by atoms with Gasteiger partial charge >= 0.3 is 5.97 Å². The van der Waals surface area contributed by atoms with Crippen LogP contribution < -0.4 is 0 Å². The Morgan fingerprint density at radius 1 is 1.24 bits per heavy atom. The fourth-order valence-corrected chi connectivity index (χ4v) is 2.30. The van der Waals surface area contributed by atoms with Gasteiger partial charge in [-0.05, 0) is 25.5 Å². The number of benzene rings is 1. The first kappa shape index (κ1) is 13.3. The molecule has 0 fully saturated rings. The van der Waals surface area contributed by atoms with Gasteiger partial charge in [-0.3, -0.25) is 0 Å². The number of hydrogen-bond acceptors (Lipinski definition) is 3. The summed E-state index contributed by atoms with van der Waals surface area (Å²) in [6.07, 6.45) is 1.66. The van der Waals surface area contributed by atoms with E-state index in [9.17, 15) is 4.79 Å². The number of nitrogens with zero attached hydrogens (tertiary/aromatic N) is 3. The summed E-state index contributed by atoms with van der Waals surface area (Å²) in [4.78, 5) is 15.5. The Hall–Kier alpha value is -2.69. The standard InChI is InChI=1S/C16H15N3O2/c1-10-3-5-12(6-4-10)9-19-15-13(8-17-19)7-14(16(20)21)11(2)18-15/h3-8H,9H2,1-2H3,(H,20,21). The molecule has 5 heteroatoms. The van der Waals surface area contributed by atoms with E-state index in [1.165, 1.54) is 5.56 Å². The van der Waals surface area contributed by atoms with Crippen LogP contribution >= 0.6 is 0 Å². The summed E-state index contributed by atoms with van der Waals surface area (Å²) in [5.74, 6) is -0.965. The molecule has 2 aromatic heterocycles. The first-order valence-corrected chi connectivity index (χ1v) is 6.66. The lowest BCUT2D eigenvalue weighted by atomic mass is 10.1. The van der Waals surface area contributed by atoms with E-state index in [4.69, 9.17) is 5.11 Å². The van der Waals surface area contributed by atoms with Crippen molar-refractivity contribution in [3.8, 4) is 0 Å². The van der Waals surface area contributed by atoms with Gasteiger partial charge in [-0.15, -0.1) is 0 Å². The first-order chi connectivity index (χ1) is 10.0. The number of aryl methyl sites for hydroxylation is 2. The zero-order valence-electron chi connectivity index (χ0n) is 11.9. The maximum Gasteiger partial charge on any atom is 0.337 e. The van der Waals surface area contributed by atoms with Gasteiger partial charge < -0.3 is 5.11 Å². The van der Waals surface area contributed by atoms with Gasteiger partial charge in [0.1, 0.15) is 0 Å². The first-order valence-electron chi connectivity index (χ1n) is 6.66. The van der Waals surface area contributed by atoms with Crippen molar-refractivity contribution in [2.75, 3.05) is 0 Å². The van der Waals surface area contributed by atoms with E-state index in [0.29, 0.717) is 17.9 Å². The van der Waals surface area contributed by atoms with Crippen LogP contribution in [-0.2, 0) is 6.54 Å². The molecule has 3 aromatic rings. The normalized spacial score (nSPS) is 11.0. The molecule has 3 rings (SSSR count). The second-order valence-corrected chi connectivity index (χ2v) is 5.13. The van der Waals surface area contributed by atoms with Crippen molar-refractivity contribution in [2.45, 2.75) is 20.4 Å². The molecule has 0 saturated heterocycles. The smallest absolute Gasteiger partial charge is 0.337 e. The van der Waals surface area contributed by atoms with Gasteiger partial charge in [-0.1, -0.05) is 29.8 Å². The Labute approximate surface area is 121 Å². The lowest BCUT2D eigenvalue weighted by Crippen LogP contribution is -2.06. The summed E-state index contributed by atoms with van der Waals surface area (Å²) in [6.45, 7) is 4.36.